The van der Waals surface area contributed by atoms with Gasteiger partial charge < -0.3 is 4.74 Å². The van der Waals surface area contributed by atoms with E-state index in [9.17, 15) is 13.2 Å². The number of aryl methyl sites for hydroxylation is 1. The zero-order valence-corrected chi connectivity index (χ0v) is 27.1. The standard InChI is InChI=1S/C35H53NO4S/c1-23(2)8-7-9-25(4)30-16-17-31-29-15-12-26-22-27(18-20-34(26,5)32(29)19-21-35(30,31)6)40-33(37)36-41(38,39)28-13-10-24(3)11-14-28/h10-14,23,25,27,29-32H,7-9,15-22H2,1-6H3,(H,36,37)/t25-,27-,29+,30-,31+,32+,34-,35-/m0/s1. The molecule has 0 saturated heterocycles. The zero-order chi connectivity index (χ0) is 29.6. The fourth-order valence-corrected chi connectivity index (χ4v) is 10.7. The highest BCUT2D eigenvalue weighted by Crippen LogP contribution is 2.67. The molecule has 1 aromatic carbocycles. The van der Waals surface area contributed by atoms with Crippen LogP contribution in [0.15, 0.2) is 40.8 Å². The van der Waals surface area contributed by atoms with Gasteiger partial charge in [0.15, 0.2) is 0 Å². The summed E-state index contributed by atoms with van der Waals surface area (Å²) in [6.07, 6.45) is 14.5. The zero-order valence-electron chi connectivity index (χ0n) is 26.2. The molecule has 5 nitrogen and oxygen atoms in total. The largest absolute Gasteiger partial charge is 0.445 e. The summed E-state index contributed by atoms with van der Waals surface area (Å²) >= 11 is 0. The van der Waals surface area contributed by atoms with Crippen molar-refractivity contribution in [1.29, 1.82) is 0 Å². The summed E-state index contributed by atoms with van der Waals surface area (Å²) in [7, 11) is -3.95. The van der Waals surface area contributed by atoms with Crippen LogP contribution in [-0.2, 0) is 14.8 Å². The van der Waals surface area contributed by atoms with Gasteiger partial charge in [0.2, 0.25) is 0 Å². The molecule has 0 radical (unpaired) electrons. The smallest absolute Gasteiger partial charge is 0.421 e. The fraction of sp³-hybridized carbons (Fsp3) is 0.743. The van der Waals surface area contributed by atoms with Crippen LogP contribution < -0.4 is 4.72 Å². The minimum atomic E-state index is -3.95. The number of allylic oxidation sites excluding steroid dienone is 1. The maximum atomic E-state index is 12.7. The Morgan fingerprint density at radius 1 is 1.00 bits per heavy atom. The number of benzene rings is 1. The Kier molecular flexibility index (Phi) is 8.74. The topological polar surface area (TPSA) is 72.5 Å². The summed E-state index contributed by atoms with van der Waals surface area (Å²) < 4.78 is 33.2. The summed E-state index contributed by atoms with van der Waals surface area (Å²) in [5.74, 6) is 4.76. The molecule has 1 amide bonds. The molecule has 0 spiro atoms. The second kappa shape index (κ2) is 11.7. The lowest BCUT2D eigenvalue weighted by atomic mass is 9.47. The first-order valence-corrected chi connectivity index (χ1v) is 17.8. The highest BCUT2D eigenvalue weighted by molar-refractivity contribution is 7.90. The Morgan fingerprint density at radius 3 is 2.44 bits per heavy atom. The molecule has 4 aliphatic rings. The fourth-order valence-electron chi connectivity index (χ4n) is 9.81. The van der Waals surface area contributed by atoms with Gasteiger partial charge in [0.1, 0.15) is 6.10 Å². The van der Waals surface area contributed by atoms with E-state index in [0.29, 0.717) is 11.3 Å². The van der Waals surface area contributed by atoms with Gasteiger partial charge in [-0.05, 0) is 110 Å². The summed E-state index contributed by atoms with van der Waals surface area (Å²) in [5.41, 5.74) is 3.03. The molecule has 5 rings (SSSR count). The van der Waals surface area contributed by atoms with Gasteiger partial charge in [-0.15, -0.1) is 0 Å². The van der Waals surface area contributed by atoms with Gasteiger partial charge in [-0.2, -0.15) is 0 Å². The van der Waals surface area contributed by atoms with Gasteiger partial charge in [-0.1, -0.05) is 83.2 Å². The lowest BCUT2D eigenvalue weighted by Crippen LogP contribution is -2.51. The van der Waals surface area contributed by atoms with Crippen molar-refractivity contribution in [2.24, 2.45) is 46.3 Å². The van der Waals surface area contributed by atoms with Crippen LogP contribution in [0.25, 0.3) is 0 Å². The van der Waals surface area contributed by atoms with E-state index < -0.39 is 16.1 Å². The molecule has 0 bridgehead atoms. The summed E-state index contributed by atoms with van der Waals surface area (Å²) in [5, 5.41) is 0. The Labute approximate surface area is 249 Å². The number of fused-ring (bicyclic) bond motifs is 5. The number of sulfonamides is 1. The van der Waals surface area contributed by atoms with E-state index in [1.54, 1.807) is 12.1 Å². The normalized spacial score (nSPS) is 35.6. The predicted molar refractivity (Wildman–Crippen MR) is 165 cm³/mol. The second-order valence-corrected chi connectivity index (χ2v) is 16.7. The van der Waals surface area contributed by atoms with Crippen molar-refractivity contribution in [2.75, 3.05) is 0 Å². The van der Waals surface area contributed by atoms with Crippen LogP contribution in [0.4, 0.5) is 4.79 Å². The third kappa shape index (κ3) is 6.01. The Hall–Kier alpha value is -1.82. The van der Waals surface area contributed by atoms with Gasteiger partial charge in [0.25, 0.3) is 10.0 Å². The highest BCUT2D eigenvalue weighted by atomic mass is 32.2. The van der Waals surface area contributed by atoms with Crippen molar-refractivity contribution >= 4 is 16.1 Å². The van der Waals surface area contributed by atoms with Crippen LogP contribution in [0.2, 0.25) is 0 Å². The van der Waals surface area contributed by atoms with Crippen LogP contribution in [0.1, 0.15) is 111 Å². The number of amides is 1. The third-order valence-electron chi connectivity index (χ3n) is 12.1. The van der Waals surface area contributed by atoms with E-state index in [2.05, 4.69) is 45.4 Å². The molecule has 3 fully saturated rings. The van der Waals surface area contributed by atoms with Gasteiger partial charge in [0, 0.05) is 6.42 Å². The SMILES string of the molecule is Cc1ccc(S(=O)(=O)NC(=O)O[C@H]2CC[C@@]3(C)C(=CC[C@@H]4[C@H]5CC[C@@H]([C@@H](C)CCCC(C)C)[C@]5(C)CC[C@H]43)C2)cc1. The quantitative estimate of drug-likeness (QED) is 0.310. The molecule has 41 heavy (non-hydrogen) atoms. The number of hydrogen-bond donors (Lipinski definition) is 1. The molecule has 1 N–H and O–H groups in total. The minimum absolute atomic E-state index is 0.0701. The van der Waals surface area contributed by atoms with Crippen molar-refractivity contribution in [3.63, 3.8) is 0 Å². The van der Waals surface area contributed by atoms with E-state index in [0.717, 1.165) is 60.8 Å². The first-order chi connectivity index (χ1) is 19.3. The van der Waals surface area contributed by atoms with E-state index in [1.165, 1.54) is 62.7 Å². The van der Waals surface area contributed by atoms with Gasteiger partial charge in [0.05, 0.1) is 4.90 Å². The van der Waals surface area contributed by atoms with E-state index in [1.807, 2.05) is 6.92 Å². The van der Waals surface area contributed by atoms with Crippen LogP contribution in [-0.4, -0.2) is 20.6 Å². The van der Waals surface area contributed by atoms with Crippen molar-refractivity contribution < 1.29 is 17.9 Å². The molecule has 6 heteroatoms. The molecular formula is C35H53NO4S. The van der Waals surface area contributed by atoms with Gasteiger partial charge in [-0.25, -0.2) is 17.9 Å². The maximum absolute atomic E-state index is 12.7. The molecule has 1 aromatic rings. The van der Waals surface area contributed by atoms with Gasteiger partial charge >= 0.3 is 6.09 Å². The van der Waals surface area contributed by atoms with Crippen molar-refractivity contribution in [3.8, 4) is 0 Å². The monoisotopic (exact) mass is 583 g/mol. The van der Waals surface area contributed by atoms with Crippen LogP contribution in [0, 0.1) is 53.3 Å². The molecule has 8 atom stereocenters. The Bertz CT molecular complexity index is 1240. The average molecular weight is 584 g/mol. The number of hydrogen-bond acceptors (Lipinski definition) is 4. The number of carbonyl (C=O) groups excluding carboxylic acids is 1. The number of nitrogens with one attached hydrogen (secondary N) is 1. The van der Waals surface area contributed by atoms with Crippen molar-refractivity contribution in [1.82, 2.24) is 4.72 Å². The Morgan fingerprint density at radius 2 is 1.73 bits per heavy atom. The van der Waals surface area contributed by atoms with Crippen LogP contribution in [0.3, 0.4) is 0 Å². The van der Waals surface area contributed by atoms with Crippen LogP contribution in [0.5, 0.6) is 0 Å². The third-order valence-corrected chi connectivity index (χ3v) is 13.4. The van der Waals surface area contributed by atoms with Crippen molar-refractivity contribution in [3.05, 3.63) is 41.5 Å². The van der Waals surface area contributed by atoms with Gasteiger partial charge in [-0.3, -0.25) is 0 Å². The summed E-state index contributed by atoms with van der Waals surface area (Å²) in [6.45, 7) is 14.2. The molecule has 0 unspecified atom stereocenters. The molecule has 228 valence electrons. The molecule has 0 aromatic heterocycles. The Balaban J connectivity index is 1.21. The lowest BCUT2D eigenvalue weighted by Gasteiger charge is -2.58. The number of ether oxygens (including phenoxy) is 1. The maximum Gasteiger partial charge on any atom is 0.421 e. The molecular weight excluding hydrogens is 530 g/mol. The molecule has 4 aliphatic carbocycles. The second-order valence-electron chi connectivity index (χ2n) is 15.0. The first-order valence-electron chi connectivity index (χ1n) is 16.3. The molecule has 3 saturated carbocycles. The minimum Gasteiger partial charge on any atom is -0.445 e. The predicted octanol–water partition coefficient (Wildman–Crippen LogP) is 8.82. The first kappa shape index (κ1) is 30.6. The summed E-state index contributed by atoms with van der Waals surface area (Å²) in [6, 6.07) is 6.46. The van der Waals surface area contributed by atoms with E-state index in [4.69, 9.17) is 4.74 Å². The number of carbonyl (C=O) groups is 1. The highest BCUT2D eigenvalue weighted by Gasteiger charge is 2.59. The summed E-state index contributed by atoms with van der Waals surface area (Å²) in [4.78, 5) is 12.7. The van der Waals surface area contributed by atoms with Crippen molar-refractivity contribution in [2.45, 2.75) is 123 Å². The van der Waals surface area contributed by atoms with E-state index >= 15 is 0 Å². The number of rotatable bonds is 8. The average Bonchev–Trinajstić information content (AvgIpc) is 3.26. The molecule has 0 heterocycles. The van der Waals surface area contributed by atoms with E-state index in [-0.39, 0.29) is 16.4 Å². The van der Waals surface area contributed by atoms with Crippen LogP contribution >= 0.6 is 0 Å². The lowest BCUT2D eigenvalue weighted by molar-refractivity contribution is -0.0579. The molecule has 0 aliphatic heterocycles.